The van der Waals surface area contributed by atoms with Gasteiger partial charge in [-0.2, -0.15) is 5.10 Å². The normalized spacial score (nSPS) is 10.9. The van der Waals surface area contributed by atoms with Crippen molar-refractivity contribution in [1.29, 1.82) is 0 Å². The Labute approximate surface area is 89.4 Å². The Kier molecular flexibility index (Phi) is 2.69. The van der Waals surface area contributed by atoms with Crippen molar-refractivity contribution in [3.8, 4) is 0 Å². The molecule has 14 heavy (non-hydrogen) atoms. The molecule has 0 aliphatic carbocycles. The van der Waals surface area contributed by atoms with Gasteiger partial charge in [0.25, 0.3) is 0 Å². The van der Waals surface area contributed by atoms with E-state index in [1.165, 1.54) is 17.4 Å². The second-order valence-electron chi connectivity index (χ2n) is 2.61. The van der Waals surface area contributed by atoms with Crippen molar-refractivity contribution in [2.45, 2.75) is 0 Å². The van der Waals surface area contributed by atoms with Gasteiger partial charge in [-0.1, -0.05) is 28.1 Å². The zero-order valence-corrected chi connectivity index (χ0v) is 8.79. The topological polar surface area (TPSA) is 43.1 Å². The Bertz CT molecular complexity index is 419. The summed E-state index contributed by atoms with van der Waals surface area (Å²) in [6, 6.07) is 7.85. The van der Waals surface area contributed by atoms with E-state index in [1.807, 2.05) is 24.3 Å². The van der Waals surface area contributed by atoms with E-state index in [9.17, 15) is 0 Å². The molecule has 2 aromatic rings. The van der Waals surface area contributed by atoms with Crippen LogP contribution in [0.5, 0.6) is 0 Å². The van der Waals surface area contributed by atoms with Gasteiger partial charge in [0.2, 0.25) is 0 Å². The summed E-state index contributed by atoms with van der Waals surface area (Å²) < 4.78 is 1.05. The molecule has 0 aliphatic heterocycles. The van der Waals surface area contributed by atoms with E-state index in [-0.39, 0.29) is 0 Å². The fourth-order valence-electron chi connectivity index (χ4n) is 0.936. The lowest BCUT2D eigenvalue weighted by molar-refractivity contribution is 0.743. The molecule has 2 rings (SSSR count). The van der Waals surface area contributed by atoms with Gasteiger partial charge in [0.15, 0.2) is 0 Å². The van der Waals surface area contributed by atoms with E-state index in [2.05, 4.69) is 31.1 Å². The fraction of sp³-hybridized carbons (Fsp3) is 0. The number of aromatic nitrogens is 3. The Morgan fingerprint density at radius 2 is 2.07 bits per heavy atom. The van der Waals surface area contributed by atoms with E-state index >= 15 is 0 Å². The van der Waals surface area contributed by atoms with Crippen molar-refractivity contribution in [2.24, 2.45) is 5.10 Å². The third-order valence-corrected chi connectivity index (χ3v) is 2.13. The Balaban J connectivity index is 2.15. The molecule has 0 amide bonds. The molecule has 0 bridgehead atoms. The lowest BCUT2D eigenvalue weighted by Gasteiger charge is -1.92. The summed E-state index contributed by atoms with van der Waals surface area (Å²) in [5.41, 5.74) is 1.02. The number of nitrogens with zero attached hydrogens (tertiary/aromatic N) is 4. The minimum absolute atomic E-state index is 1.02. The largest absolute Gasteiger partial charge is 0.221 e. The van der Waals surface area contributed by atoms with Gasteiger partial charge in [-0.3, -0.25) is 0 Å². The van der Waals surface area contributed by atoms with Crippen LogP contribution < -0.4 is 0 Å². The van der Waals surface area contributed by atoms with E-state index < -0.39 is 0 Å². The summed E-state index contributed by atoms with van der Waals surface area (Å²) in [6.07, 6.45) is 4.70. The van der Waals surface area contributed by atoms with Gasteiger partial charge in [0, 0.05) is 4.47 Å². The fourth-order valence-corrected chi connectivity index (χ4v) is 1.20. The number of halogens is 1. The van der Waals surface area contributed by atoms with Crippen LogP contribution in [-0.4, -0.2) is 21.1 Å². The second-order valence-corrected chi connectivity index (χ2v) is 3.53. The third-order valence-electron chi connectivity index (χ3n) is 1.60. The van der Waals surface area contributed by atoms with Crippen molar-refractivity contribution < 1.29 is 0 Å². The zero-order chi connectivity index (χ0) is 9.80. The van der Waals surface area contributed by atoms with Crippen molar-refractivity contribution in [1.82, 2.24) is 14.9 Å². The highest BCUT2D eigenvalue weighted by Gasteiger charge is 1.88. The number of benzene rings is 1. The van der Waals surface area contributed by atoms with Crippen LogP contribution in [0.3, 0.4) is 0 Å². The van der Waals surface area contributed by atoms with Gasteiger partial charge in [0.1, 0.15) is 12.7 Å². The maximum Gasteiger partial charge on any atom is 0.139 e. The maximum atomic E-state index is 4.07. The Morgan fingerprint density at radius 1 is 1.29 bits per heavy atom. The quantitative estimate of drug-likeness (QED) is 0.765. The molecule has 0 saturated heterocycles. The highest BCUT2D eigenvalue weighted by Crippen LogP contribution is 2.08. The van der Waals surface area contributed by atoms with Crippen LogP contribution in [0.15, 0.2) is 46.5 Å². The average molecular weight is 251 g/mol. The summed E-state index contributed by atoms with van der Waals surface area (Å²) in [5.74, 6) is 0. The van der Waals surface area contributed by atoms with Crippen LogP contribution in [0.1, 0.15) is 5.56 Å². The zero-order valence-electron chi connectivity index (χ0n) is 7.21. The van der Waals surface area contributed by atoms with E-state index in [1.54, 1.807) is 6.21 Å². The minimum atomic E-state index is 1.02. The highest BCUT2D eigenvalue weighted by molar-refractivity contribution is 9.10. The van der Waals surface area contributed by atoms with Crippen molar-refractivity contribution in [3.63, 3.8) is 0 Å². The van der Waals surface area contributed by atoms with Crippen LogP contribution in [0.4, 0.5) is 0 Å². The number of rotatable bonds is 2. The van der Waals surface area contributed by atoms with Gasteiger partial charge in [0.05, 0.1) is 6.21 Å². The lowest BCUT2D eigenvalue weighted by Crippen LogP contribution is -1.90. The standard InChI is InChI=1S/C9H7BrN4/c10-9-3-1-8(2-4-9)5-12-14-7-11-6-13-14/h1-7H/b12-5-. The van der Waals surface area contributed by atoms with Crippen molar-refractivity contribution in [2.75, 3.05) is 0 Å². The molecule has 5 heteroatoms. The van der Waals surface area contributed by atoms with Crippen molar-refractivity contribution >= 4 is 22.1 Å². The molecule has 1 aromatic heterocycles. The third kappa shape index (κ3) is 2.26. The molecule has 0 atom stereocenters. The minimum Gasteiger partial charge on any atom is -0.221 e. The summed E-state index contributed by atoms with van der Waals surface area (Å²) in [6.45, 7) is 0. The first-order valence-corrected chi connectivity index (χ1v) is 4.78. The van der Waals surface area contributed by atoms with Crippen LogP contribution in [0, 0.1) is 0 Å². The molecule has 0 unspecified atom stereocenters. The Morgan fingerprint density at radius 3 is 2.71 bits per heavy atom. The van der Waals surface area contributed by atoms with E-state index in [0.717, 1.165) is 10.0 Å². The molecule has 0 saturated carbocycles. The molecular weight excluding hydrogens is 244 g/mol. The first-order chi connectivity index (χ1) is 6.84. The molecule has 70 valence electrons. The van der Waals surface area contributed by atoms with E-state index in [4.69, 9.17) is 0 Å². The Hall–Kier alpha value is -1.49. The van der Waals surface area contributed by atoms with Crippen LogP contribution in [0.25, 0.3) is 0 Å². The maximum absolute atomic E-state index is 4.07. The molecule has 4 nitrogen and oxygen atoms in total. The molecule has 0 fully saturated rings. The molecule has 0 aliphatic rings. The van der Waals surface area contributed by atoms with Crippen LogP contribution in [0.2, 0.25) is 0 Å². The summed E-state index contributed by atoms with van der Waals surface area (Å²) >= 11 is 3.36. The molecule has 1 aromatic carbocycles. The predicted octanol–water partition coefficient (Wildman–Crippen LogP) is 1.92. The van der Waals surface area contributed by atoms with Crippen LogP contribution >= 0.6 is 15.9 Å². The number of hydrogen-bond donors (Lipinski definition) is 0. The average Bonchev–Trinajstić information content (AvgIpc) is 2.70. The molecule has 1 heterocycles. The molecular formula is C9H7BrN4. The van der Waals surface area contributed by atoms with E-state index in [0.29, 0.717) is 0 Å². The molecule has 0 N–H and O–H groups in total. The monoisotopic (exact) mass is 250 g/mol. The summed E-state index contributed by atoms with van der Waals surface area (Å²) in [5, 5.41) is 7.92. The SMILES string of the molecule is Brc1ccc(/C=N\n2cncn2)cc1. The first kappa shape index (κ1) is 9.08. The smallest absolute Gasteiger partial charge is 0.139 e. The van der Waals surface area contributed by atoms with Gasteiger partial charge >= 0.3 is 0 Å². The van der Waals surface area contributed by atoms with Gasteiger partial charge < -0.3 is 0 Å². The summed E-state index contributed by atoms with van der Waals surface area (Å²) in [4.78, 5) is 5.18. The molecule has 0 radical (unpaired) electrons. The highest BCUT2D eigenvalue weighted by atomic mass is 79.9. The second kappa shape index (κ2) is 4.15. The lowest BCUT2D eigenvalue weighted by atomic mass is 10.2. The van der Waals surface area contributed by atoms with Crippen LogP contribution in [-0.2, 0) is 0 Å². The van der Waals surface area contributed by atoms with Gasteiger partial charge in [-0.15, -0.1) is 9.89 Å². The molecule has 0 spiro atoms. The van der Waals surface area contributed by atoms with Gasteiger partial charge in [-0.25, -0.2) is 4.98 Å². The predicted molar refractivity (Wildman–Crippen MR) is 57.2 cm³/mol. The van der Waals surface area contributed by atoms with Gasteiger partial charge in [-0.05, 0) is 17.7 Å². The van der Waals surface area contributed by atoms with Crippen molar-refractivity contribution in [3.05, 3.63) is 47.0 Å². The number of hydrogen-bond acceptors (Lipinski definition) is 3. The first-order valence-electron chi connectivity index (χ1n) is 3.99. The summed E-state index contributed by atoms with van der Waals surface area (Å²) in [7, 11) is 0.